The number of hydrogen-bond acceptors (Lipinski definition) is 5. The molecule has 1 aromatic carbocycles. The van der Waals surface area contributed by atoms with E-state index >= 15 is 0 Å². The van der Waals surface area contributed by atoms with Gasteiger partial charge in [-0.05, 0) is 6.07 Å². The molecular weight excluding hydrogens is 296 g/mol. The summed E-state index contributed by atoms with van der Waals surface area (Å²) < 4.78 is 5.20. The first-order valence-electron chi connectivity index (χ1n) is 5.95. The average Bonchev–Trinajstić information content (AvgIpc) is 2.46. The molecule has 2 aromatic rings. The lowest BCUT2D eigenvalue weighted by molar-refractivity contribution is -0.113. The number of thioether (sulfide) groups is 1. The first-order valence-corrected chi connectivity index (χ1v) is 6.94. The molecule has 2 heterocycles. The van der Waals surface area contributed by atoms with Crippen LogP contribution in [0.25, 0.3) is 10.9 Å². The number of nitrogens with one attached hydrogen (secondary N) is 2. The zero-order valence-electron chi connectivity index (χ0n) is 10.9. The van der Waals surface area contributed by atoms with Gasteiger partial charge in [-0.15, -0.1) is 11.8 Å². The van der Waals surface area contributed by atoms with E-state index in [9.17, 15) is 14.4 Å². The number of carboxylic acids is 1. The van der Waals surface area contributed by atoms with Gasteiger partial charge in [0.2, 0.25) is 11.3 Å². The summed E-state index contributed by atoms with van der Waals surface area (Å²) in [5, 5.41) is 11.8. The molecule has 0 saturated heterocycles. The molecule has 8 heteroatoms. The van der Waals surface area contributed by atoms with Crippen LogP contribution in [0.2, 0.25) is 0 Å². The summed E-state index contributed by atoms with van der Waals surface area (Å²) in [5.74, 6) is -0.950. The molecule has 0 atom stereocenters. The van der Waals surface area contributed by atoms with E-state index in [1.807, 2.05) is 0 Å². The van der Waals surface area contributed by atoms with Gasteiger partial charge in [0.15, 0.2) is 0 Å². The molecule has 7 nitrogen and oxygen atoms in total. The lowest BCUT2D eigenvalue weighted by atomic mass is 10.1. The second-order valence-electron chi connectivity index (χ2n) is 4.38. The minimum atomic E-state index is -1.32. The Labute approximate surface area is 122 Å². The minimum absolute atomic E-state index is 0.110. The van der Waals surface area contributed by atoms with E-state index in [1.54, 1.807) is 6.07 Å². The number of rotatable bonds is 2. The number of anilines is 1. The minimum Gasteiger partial charge on any atom is -0.496 e. The van der Waals surface area contributed by atoms with Crippen molar-refractivity contribution in [1.29, 1.82) is 0 Å². The number of carbonyl (C=O) groups excluding carboxylic acids is 1. The van der Waals surface area contributed by atoms with Crippen LogP contribution >= 0.6 is 11.8 Å². The number of aromatic carboxylic acids is 1. The summed E-state index contributed by atoms with van der Waals surface area (Å²) in [6.45, 7) is 0. The van der Waals surface area contributed by atoms with Gasteiger partial charge in [-0.25, -0.2) is 4.79 Å². The number of carboxylic acid groups (broad SMARTS) is 1. The molecule has 0 unspecified atom stereocenters. The molecule has 21 heavy (non-hydrogen) atoms. The van der Waals surface area contributed by atoms with Crippen molar-refractivity contribution < 1.29 is 19.4 Å². The first-order chi connectivity index (χ1) is 10.0. The number of amides is 1. The third-order valence-electron chi connectivity index (χ3n) is 3.16. The molecule has 0 spiro atoms. The summed E-state index contributed by atoms with van der Waals surface area (Å²) in [5.41, 5.74) is -0.197. The van der Waals surface area contributed by atoms with E-state index < -0.39 is 11.4 Å². The monoisotopic (exact) mass is 306 g/mol. The SMILES string of the molecule is COc1cc2c(c3[nH]cc(C(=O)O)c(=O)c13)NC(=O)CS2. The van der Waals surface area contributed by atoms with Crippen molar-refractivity contribution in [3.05, 3.63) is 28.0 Å². The Morgan fingerprint density at radius 1 is 1.43 bits per heavy atom. The molecule has 0 bridgehead atoms. The van der Waals surface area contributed by atoms with Gasteiger partial charge in [-0.1, -0.05) is 0 Å². The number of hydrogen-bond donors (Lipinski definition) is 3. The second kappa shape index (κ2) is 4.81. The fourth-order valence-corrected chi connectivity index (χ4v) is 3.07. The number of methoxy groups -OCH3 is 1. The Morgan fingerprint density at radius 3 is 2.86 bits per heavy atom. The van der Waals surface area contributed by atoms with Crippen molar-refractivity contribution in [3.63, 3.8) is 0 Å². The van der Waals surface area contributed by atoms with E-state index in [4.69, 9.17) is 9.84 Å². The van der Waals surface area contributed by atoms with E-state index in [0.29, 0.717) is 11.2 Å². The third kappa shape index (κ3) is 2.04. The summed E-state index contributed by atoms with van der Waals surface area (Å²) in [6.07, 6.45) is 1.12. The van der Waals surface area contributed by atoms with E-state index in [1.165, 1.54) is 18.9 Å². The Hall–Kier alpha value is -2.48. The molecular formula is C13H10N2O5S. The number of ether oxygens (including phenoxy) is 1. The average molecular weight is 306 g/mol. The maximum atomic E-state index is 12.3. The highest BCUT2D eigenvalue weighted by Gasteiger charge is 2.24. The molecule has 1 amide bonds. The lowest BCUT2D eigenvalue weighted by Gasteiger charge is -2.19. The Balaban J connectivity index is 2.43. The number of carbonyl (C=O) groups is 2. The van der Waals surface area contributed by atoms with Crippen LogP contribution in [0, 0.1) is 0 Å². The number of aromatic nitrogens is 1. The van der Waals surface area contributed by atoms with Gasteiger partial charge in [-0.2, -0.15) is 0 Å². The van der Waals surface area contributed by atoms with Gasteiger partial charge in [0.05, 0.1) is 29.5 Å². The molecule has 0 aliphatic carbocycles. The van der Waals surface area contributed by atoms with Crippen LogP contribution < -0.4 is 15.5 Å². The Kier molecular flexibility index (Phi) is 3.09. The standard InChI is InChI=1S/C13H10N2O5S/c1-20-6-2-7-10(15-8(16)4-21-7)11-9(6)12(17)5(3-14-11)13(18)19/h2-3H,4H2,1H3,(H,14,17)(H,15,16)(H,18,19). The number of fused-ring (bicyclic) bond motifs is 3. The Bertz CT molecular complexity index is 843. The molecule has 108 valence electrons. The van der Waals surface area contributed by atoms with Gasteiger partial charge in [0, 0.05) is 11.1 Å². The van der Waals surface area contributed by atoms with Crippen LogP contribution in [0.5, 0.6) is 5.75 Å². The third-order valence-corrected chi connectivity index (χ3v) is 4.20. The molecule has 1 aromatic heterocycles. The van der Waals surface area contributed by atoms with Crippen LogP contribution in [0.3, 0.4) is 0 Å². The number of aromatic amines is 1. The number of pyridine rings is 1. The molecule has 1 aliphatic rings. The molecule has 1 aliphatic heterocycles. The van der Waals surface area contributed by atoms with Gasteiger partial charge >= 0.3 is 5.97 Å². The zero-order chi connectivity index (χ0) is 15.1. The maximum absolute atomic E-state index is 12.3. The van der Waals surface area contributed by atoms with E-state index in [0.717, 1.165) is 11.1 Å². The van der Waals surface area contributed by atoms with E-state index in [2.05, 4.69) is 10.3 Å². The zero-order valence-corrected chi connectivity index (χ0v) is 11.7. The fraction of sp³-hybridized carbons (Fsp3) is 0.154. The van der Waals surface area contributed by atoms with Gasteiger partial charge in [-0.3, -0.25) is 9.59 Å². The van der Waals surface area contributed by atoms with Crippen LogP contribution in [0.15, 0.2) is 22.0 Å². The van der Waals surface area contributed by atoms with Crippen molar-refractivity contribution in [2.45, 2.75) is 4.90 Å². The maximum Gasteiger partial charge on any atom is 0.341 e. The molecule has 0 saturated carbocycles. The van der Waals surface area contributed by atoms with Crippen molar-refractivity contribution in [2.24, 2.45) is 0 Å². The van der Waals surface area contributed by atoms with Gasteiger partial charge in [0.1, 0.15) is 11.3 Å². The van der Waals surface area contributed by atoms with Crippen LogP contribution in [0.1, 0.15) is 10.4 Å². The molecule has 3 rings (SSSR count). The van der Waals surface area contributed by atoms with Gasteiger partial charge < -0.3 is 20.1 Å². The van der Waals surface area contributed by atoms with E-state index in [-0.39, 0.29) is 28.4 Å². The topological polar surface area (TPSA) is 108 Å². The predicted octanol–water partition coefficient (Wildman–Crippen LogP) is 1.28. The highest BCUT2D eigenvalue weighted by Crippen LogP contribution is 2.40. The highest BCUT2D eigenvalue weighted by molar-refractivity contribution is 8.00. The fourth-order valence-electron chi connectivity index (χ4n) is 2.23. The van der Waals surface area contributed by atoms with Crippen LogP contribution in [-0.4, -0.2) is 34.8 Å². The molecule has 0 radical (unpaired) electrons. The lowest BCUT2D eigenvalue weighted by Crippen LogP contribution is -2.21. The molecule has 3 N–H and O–H groups in total. The summed E-state index contributed by atoms with van der Waals surface area (Å²) in [6, 6.07) is 1.63. The van der Waals surface area contributed by atoms with Crippen molar-refractivity contribution in [1.82, 2.24) is 4.98 Å². The van der Waals surface area contributed by atoms with Crippen molar-refractivity contribution in [2.75, 3.05) is 18.2 Å². The number of H-pyrrole nitrogens is 1. The van der Waals surface area contributed by atoms with Crippen molar-refractivity contribution in [3.8, 4) is 5.75 Å². The normalized spacial score (nSPS) is 13.7. The highest BCUT2D eigenvalue weighted by atomic mass is 32.2. The Morgan fingerprint density at radius 2 is 2.19 bits per heavy atom. The summed E-state index contributed by atoms with van der Waals surface area (Å²) >= 11 is 1.33. The smallest absolute Gasteiger partial charge is 0.341 e. The van der Waals surface area contributed by atoms with Crippen LogP contribution in [0.4, 0.5) is 5.69 Å². The predicted molar refractivity (Wildman–Crippen MR) is 77.4 cm³/mol. The molecule has 0 fully saturated rings. The van der Waals surface area contributed by atoms with Crippen molar-refractivity contribution >= 4 is 40.2 Å². The van der Waals surface area contributed by atoms with Crippen LogP contribution in [-0.2, 0) is 4.79 Å². The quantitative estimate of drug-likeness (QED) is 0.771. The summed E-state index contributed by atoms with van der Waals surface area (Å²) in [4.78, 5) is 38.5. The van der Waals surface area contributed by atoms with Gasteiger partial charge in [0.25, 0.3) is 0 Å². The first kappa shape index (κ1) is 13.5. The number of benzene rings is 1. The largest absolute Gasteiger partial charge is 0.496 e. The summed E-state index contributed by atoms with van der Waals surface area (Å²) in [7, 11) is 1.40. The second-order valence-corrected chi connectivity index (χ2v) is 5.39.